The van der Waals surface area contributed by atoms with E-state index in [1.54, 1.807) is 0 Å². The zero-order valence-electron chi connectivity index (χ0n) is 9.85. The first kappa shape index (κ1) is 12.9. The zero-order valence-corrected chi connectivity index (χ0v) is 9.85. The maximum Gasteiger partial charge on any atom is 0.00147 e. The maximum atomic E-state index is 5.64. The van der Waals surface area contributed by atoms with E-state index in [1.807, 2.05) is 0 Å². The third-order valence-corrected chi connectivity index (χ3v) is 2.76. The summed E-state index contributed by atoms with van der Waals surface area (Å²) in [7, 11) is 0. The summed E-state index contributed by atoms with van der Waals surface area (Å²) < 4.78 is 0. The van der Waals surface area contributed by atoms with Gasteiger partial charge in [0.1, 0.15) is 0 Å². The van der Waals surface area contributed by atoms with Gasteiger partial charge in [-0.15, -0.1) is 0 Å². The monoisotopic (exact) mass is 186 g/mol. The molecular weight excluding hydrogens is 160 g/mol. The highest BCUT2D eigenvalue weighted by molar-refractivity contribution is 4.73. The summed E-state index contributed by atoms with van der Waals surface area (Å²) in [5, 5.41) is 3.48. The Morgan fingerprint density at radius 2 is 1.77 bits per heavy atom. The van der Waals surface area contributed by atoms with Crippen molar-refractivity contribution in [3.63, 3.8) is 0 Å². The molecule has 0 saturated heterocycles. The Balaban J connectivity index is 3.56. The van der Waals surface area contributed by atoms with Crippen LogP contribution in [0.4, 0.5) is 0 Å². The molecule has 0 amide bonds. The summed E-state index contributed by atoms with van der Waals surface area (Å²) in [6.45, 7) is 14.1. The lowest BCUT2D eigenvalue weighted by atomic mass is 9.93. The van der Waals surface area contributed by atoms with E-state index in [4.69, 9.17) is 5.73 Å². The van der Waals surface area contributed by atoms with E-state index in [0.717, 1.165) is 31.5 Å². The highest BCUT2D eigenvalue weighted by Gasteiger charge is 2.15. The molecule has 2 nitrogen and oxygen atoms in total. The second-order valence-electron chi connectivity index (χ2n) is 5.22. The first-order valence-electron chi connectivity index (χ1n) is 5.30. The lowest BCUT2D eigenvalue weighted by molar-refractivity contribution is 0.319. The van der Waals surface area contributed by atoms with Crippen LogP contribution in [0.1, 0.15) is 34.6 Å². The third kappa shape index (κ3) is 6.05. The minimum Gasteiger partial charge on any atom is -0.330 e. The minimum atomic E-state index is 0.233. The largest absolute Gasteiger partial charge is 0.330 e. The molecule has 13 heavy (non-hydrogen) atoms. The second-order valence-corrected chi connectivity index (χ2v) is 5.22. The van der Waals surface area contributed by atoms with Gasteiger partial charge in [0.15, 0.2) is 0 Å². The fraction of sp³-hybridized carbons (Fsp3) is 1.00. The molecule has 0 fully saturated rings. The van der Waals surface area contributed by atoms with E-state index < -0.39 is 0 Å². The Kier molecular flexibility index (Phi) is 5.57. The van der Waals surface area contributed by atoms with Gasteiger partial charge in [0.25, 0.3) is 0 Å². The van der Waals surface area contributed by atoms with Gasteiger partial charge in [-0.25, -0.2) is 0 Å². The van der Waals surface area contributed by atoms with E-state index in [2.05, 4.69) is 39.9 Å². The van der Waals surface area contributed by atoms with Gasteiger partial charge in [-0.3, -0.25) is 0 Å². The smallest absolute Gasteiger partial charge is 0.00147 e. The van der Waals surface area contributed by atoms with Crippen molar-refractivity contribution in [1.29, 1.82) is 0 Å². The maximum absolute atomic E-state index is 5.64. The molecular formula is C11H26N2. The van der Waals surface area contributed by atoms with Crippen molar-refractivity contribution in [2.24, 2.45) is 23.0 Å². The minimum absolute atomic E-state index is 0.233. The summed E-state index contributed by atoms with van der Waals surface area (Å²) in [6, 6.07) is 0. The number of rotatable bonds is 6. The molecule has 0 aliphatic rings. The van der Waals surface area contributed by atoms with Crippen molar-refractivity contribution >= 4 is 0 Å². The molecule has 0 aromatic rings. The zero-order chi connectivity index (χ0) is 10.5. The van der Waals surface area contributed by atoms with Gasteiger partial charge in [-0.05, 0) is 30.3 Å². The molecule has 0 radical (unpaired) electrons. The lowest BCUT2D eigenvalue weighted by Crippen LogP contribution is -2.37. The van der Waals surface area contributed by atoms with Crippen LogP contribution in [0.25, 0.3) is 0 Å². The summed E-state index contributed by atoms with van der Waals surface area (Å²) in [5.41, 5.74) is 5.88. The first-order chi connectivity index (χ1) is 5.89. The van der Waals surface area contributed by atoms with E-state index in [0.29, 0.717) is 0 Å². The quantitative estimate of drug-likeness (QED) is 0.664. The molecule has 1 atom stereocenters. The van der Waals surface area contributed by atoms with E-state index in [-0.39, 0.29) is 5.41 Å². The van der Waals surface area contributed by atoms with Crippen molar-refractivity contribution < 1.29 is 0 Å². The molecule has 0 aromatic heterocycles. The molecule has 0 aromatic carbocycles. The van der Waals surface area contributed by atoms with Crippen LogP contribution in [-0.4, -0.2) is 19.6 Å². The van der Waals surface area contributed by atoms with Crippen LogP contribution in [-0.2, 0) is 0 Å². The number of nitrogens with one attached hydrogen (secondary N) is 1. The van der Waals surface area contributed by atoms with E-state index in [1.165, 1.54) is 0 Å². The molecule has 0 saturated carbocycles. The van der Waals surface area contributed by atoms with E-state index >= 15 is 0 Å². The van der Waals surface area contributed by atoms with Crippen molar-refractivity contribution in [3.05, 3.63) is 0 Å². The van der Waals surface area contributed by atoms with Gasteiger partial charge >= 0.3 is 0 Å². The van der Waals surface area contributed by atoms with Crippen LogP contribution < -0.4 is 11.1 Å². The molecule has 1 unspecified atom stereocenters. The molecule has 0 aliphatic heterocycles. The molecule has 0 bridgehead atoms. The predicted molar refractivity (Wildman–Crippen MR) is 59.7 cm³/mol. The van der Waals surface area contributed by atoms with Gasteiger partial charge in [0, 0.05) is 6.54 Å². The normalized spacial score (nSPS) is 15.0. The Morgan fingerprint density at radius 1 is 1.23 bits per heavy atom. The van der Waals surface area contributed by atoms with Crippen LogP contribution in [0.5, 0.6) is 0 Å². The molecule has 0 aliphatic carbocycles. The fourth-order valence-electron chi connectivity index (χ4n) is 0.946. The van der Waals surface area contributed by atoms with Gasteiger partial charge < -0.3 is 11.1 Å². The molecule has 0 spiro atoms. The van der Waals surface area contributed by atoms with Gasteiger partial charge in [-0.1, -0.05) is 34.6 Å². The van der Waals surface area contributed by atoms with Crippen LogP contribution in [0.15, 0.2) is 0 Å². The molecule has 3 N–H and O–H groups in total. The molecule has 2 heteroatoms. The highest BCUT2D eigenvalue weighted by atomic mass is 14.9. The topological polar surface area (TPSA) is 38.0 Å². The first-order valence-corrected chi connectivity index (χ1v) is 5.30. The van der Waals surface area contributed by atoms with Crippen LogP contribution in [0.3, 0.4) is 0 Å². The number of nitrogens with two attached hydrogens (primary N) is 1. The summed E-state index contributed by atoms with van der Waals surface area (Å²) in [4.78, 5) is 0. The van der Waals surface area contributed by atoms with E-state index in [9.17, 15) is 0 Å². The summed E-state index contributed by atoms with van der Waals surface area (Å²) in [5.74, 6) is 1.50. The van der Waals surface area contributed by atoms with Crippen molar-refractivity contribution in [1.82, 2.24) is 5.32 Å². The lowest BCUT2D eigenvalue weighted by Gasteiger charge is -2.24. The van der Waals surface area contributed by atoms with Crippen LogP contribution in [0, 0.1) is 17.3 Å². The Morgan fingerprint density at radius 3 is 2.15 bits per heavy atom. The number of hydrogen-bond acceptors (Lipinski definition) is 2. The molecule has 0 rings (SSSR count). The van der Waals surface area contributed by atoms with Gasteiger partial charge in [0.2, 0.25) is 0 Å². The van der Waals surface area contributed by atoms with Gasteiger partial charge in [-0.2, -0.15) is 0 Å². The van der Waals surface area contributed by atoms with Crippen molar-refractivity contribution in [2.75, 3.05) is 19.6 Å². The summed E-state index contributed by atoms with van der Waals surface area (Å²) in [6.07, 6.45) is 0. The Hall–Kier alpha value is -0.0800. The Labute approximate surface area is 83.3 Å². The Bertz CT molecular complexity index is 130. The average molecular weight is 186 g/mol. The predicted octanol–water partition coefficient (Wildman–Crippen LogP) is 1.85. The van der Waals surface area contributed by atoms with Crippen LogP contribution >= 0.6 is 0 Å². The average Bonchev–Trinajstić information content (AvgIpc) is 2.04. The third-order valence-electron chi connectivity index (χ3n) is 2.76. The fourth-order valence-corrected chi connectivity index (χ4v) is 0.946. The molecule has 80 valence electrons. The van der Waals surface area contributed by atoms with Crippen LogP contribution in [0.2, 0.25) is 0 Å². The second kappa shape index (κ2) is 5.61. The number of hydrogen-bond donors (Lipinski definition) is 2. The van der Waals surface area contributed by atoms with Crippen molar-refractivity contribution in [3.8, 4) is 0 Å². The highest BCUT2D eigenvalue weighted by Crippen LogP contribution is 2.12. The standard InChI is InChI=1S/C11H26N2/c1-9(2)10(3)6-13-8-11(4,5)7-12/h9-10,13H,6-8,12H2,1-5H3. The van der Waals surface area contributed by atoms with Crippen molar-refractivity contribution in [2.45, 2.75) is 34.6 Å². The summed E-state index contributed by atoms with van der Waals surface area (Å²) >= 11 is 0. The van der Waals surface area contributed by atoms with Gasteiger partial charge in [0.05, 0.1) is 0 Å². The SMILES string of the molecule is CC(C)C(C)CNCC(C)(C)CN. The molecule has 0 heterocycles.